The molecule has 2 aromatic rings. The van der Waals surface area contributed by atoms with E-state index in [-0.39, 0.29) is 26.4 Å². The number of Topliss-reactive ketones (excluding diaryl/α,β-unsaturated/α-hetero) is 1. The van der Waals surface area contributed by atoms with E-state index in [2.05, 4.69) is 4.98 Å². The van der Waals surface area contributed by atoms with Gasteiger partial charge in [0, 0.05) is 25.9 Å². The maximum absolute atomic E-state index is 13.0. The Morgan fingerprint density at radius 3 is 2.39 bits per heavy atom. The van der Waals surface area contributed by atoms with Gasteiger partial charge in [-0.05, 0) is 13.3 Å². The number of nitrogens with zero attached hydrogens (tertiary/aromatic N) is 4. The quantitative estimate of drug-likeness (QED) is 0.189. The van der Waals surface area contributed by atoms with Crippen molar-refractivity contribution in [2.45, 2.75) is 25.5 Å². The summed E-state index contributed by atoms with van der Waals surface area (Å²) in [6.07, 6.45) is 1.99. The standard InChI is InChI=1S/C18H22N6O9S3/c1-8(25)13-10-4-9(15(18(28)29)24(10)16(13)27)12-6-22-7-21-14(17(22)34-12)11(26)5-23(35(30,31)19-2)36(32,33)20-3/h6-8,10,13,19-20,25H,4-5H2,1-3H3,(H,28,29)/t8-,10-,13-/m1/s1. The monoisotopic (exact) mass is 562 g/mol. The number of aromatic nitrogens is 2. The van der Waals surface area contributed by atoms with Gasteiger partial charge in [0.2, 0.25) is 11.7 Å². The largest absolute Gasteiger partial charge is 0.477 e. The first kappa shape index (κ1) is 26.3. The number of aliphatic carboxylic acids is 1. The molecule has 2 aliphatic rings. The predicted molar refractivity (Wildman–Crippen MR) is 125 cm³/mol. The summed E-state index contributed by atoms with van der Waals surface area (Å²) in [6.45, 7) is 0.388. The maximum atomic E-state index is 13.0. The number of fused-ring (bicyclic) bond motifs is 2. The fourth-order valence-electron chi connectivity index (χ4n) is 4.32. The van der Waals surface area contributed by atoms with E-state index in [1.54, 1.807) is 0 Å². The first-order chi connectivity index (χ1) is 16.7. The van der Waals surface area contributed by atoms with Crippen molar-refractivity contribution in [3.8, 4) is 0 Å². The summed E-state index contributed by atoms with van der Waals surface area (Å²) < 4.78 is 54.0. The number of hydrogen-bond donors (Lipinski definition) is 4. The van der Waals surface area contributed by atoms with Crippen molar-refractivity contribution in [3.05, 3.63) is 28.8 Å². The van der Waals surface area contributed by atoms with Crippen molar-refractivity contribution in [2.75, 3.05) is 20.6 Å². The second-order valence-corrected chi connectivity index (χ2v) is 12.9. The fourth-order valence-corrected chi connectivity index (χ4v) is 7.92. The molecular weight excluding hydrogens is 540 g/mol. The minimum atomic E-state index is -4.57. The van der Waals surface area contributed by atoms with E-state index in [9.17, 15) is 41.4 Å². The summed E-state index contributed by atoms with van der Waals surface area (Å²) in [7, 11) is -7.15. The van der Waals surface area contributed by atoms with Crippen molar-refractivity contribution in [1.82, 2.24) is 27.4 Å². The van der Waals surface area contributed by atoms with E-state index in [0.717, 1.165) is 30.3 Å². The number of nitrogens with one attached hydrogen (secondary N) is 2. The highest BCUT2D eigenvalue weighted by Gasteiger charge is 2.57. The second-order valence-electron chi connectivity index (χ2n) is 8.05. The number of hydrogen-bond acceptors (Lipinski definition) is 10. The first-order valence-corrected chi connectivity index (χ1v) is 14.1. The van der Waals surface area contributed by atoms with E-state index in [0.29, 0.717) is 10.5 Å². The Hall–Kier alpha value is -2.74. The molecule has 4 rings (SSSR count). The van der Waals surface area contributed by atoms with Crippen LogP contribution in [0.25, 0.3) is 10.4 Å². The first-order valence-electron chi connectivity index (χ1n) is 10.4. The third kappa shape index (κ3) is 4.03. The van der Waals surface area contributed by atoms with Gasteiger partial charge in [0.25, 0.3) is 20.4 Å². The predicted octanol–water partition coefficient (Wildman–Crippen LogP) is -1.78. The Bertz CT molecular complexity index is 1490. The molecule has 3 atom stereocenters. The van der Waals surface area contributed by atoms with Gasteiger partial charge in [0.05, 0.1) is 29.5 Å². The molecule has 2 aromatic heterocycles. The zero-order valence-electron chi connectivity index (χ0n) is 19.1. The van der Waals surface area contributed by atoms with Gasteiger partial charge in [-0.15, -0.1) is 11.3 Å². The van der Waals surface area contributed by atoms with Crippen LogP contribution in [0, 0.1) is 5.92 Å². The molecule has 0 bridgehead atoms. The molecule has 2 aliphatic heterocycles. The van der Waals surface area contributed by atoms with Crippen LogP contribution in [-0.2, 0) is 30.0 Å². The lowest BCUT2D eigenvalue weighted by Crippen LogP contribution is -2.61. The highest BCUT2D eigenvalue weighted by atomic mass is 32.3. The minimum absolute atomic E-state index is 0.0309. The van der Waals surface area contributed by atoms with Gasteiger partial charge in [-0.2, -0.15) is 16.8 Å². The third-order valence-electron chi connectivity index (χ3n) is 6.03. The molecule has 1 amide bonds. The van der Waals surface area contributed by atoms with Gasteiger partial charge >= 0.3 is 5.97 Å². The van der Waals surface area contributed by atoms with E-state index in [1.807, 2.05) is 9.44 Å². The Balaban J connectivity index is 1.71. The Kier molecular flexibility index (Phi) is 6.56. The van der Waals surface area contributed by atoms with Crippen molar-refractivity contribution >= 4 is 59.8 Å². The number of carboxylic acids is 1. The molecule has 0 aliphatic carbocycles. The number of amides is 1. The molecule has 0 radical (unpaired) electrons. The average Bonchev–Trinajstić information content (AvgIpc) is 3.47. The lowest BCUT2D eigenvalue weighted by atomic mass is 9.83. The molecule has 15 nitrogen and oxygen atoms in total. The number of β-lactam (4-membered cyclic amide) rings is 1. The molecule has 1 saturated heterocycles. The van der Waals surface area contributed by atoms with Crippen LogP contribution < -0.4 is 9.44 Å². The molecule has 4 N–H and O–H groups in total. The molecule has 18 heteroatoms. The zero-order valence-corrected chi connectivity index (χ0v) is 21.5. The molecule has 196 valence electrons. The molecule has 0 aromatic carbocycles. The summed E-state index contributed by atoms with van der Waals surface area (Å²) in [5.74, 6) is -3.45. The van der Waals surface area contributed by atoms with E-state index < -0.39 is 62.7 Å². The smallest absolute Gasteiger partial charge is 0.352 e. The third-order valence-corrected chi connectivity index (χ3v) is 10.7. The van der Waals surface area contributed by atoms with Crippen molar-refractivity contribution < 1.29 is 41.4 Å². The second kappa shape index (κ2) is 8.98. The van der Waals surface area contributed by atoms with Crippen molar-refractivity contribution in [3.63, 3.8) is 0 Å². The molecule has 4 heterocycles. The summed E-state index contributed by atoms with van der Waals surface area (Å²) in [6, 6.07) is -0.508. The molecule has 0 unspecified atom stereocenters. The van der Waals surface area contributed by atoms with Crippen LogP contribution in [0.15, 0.2) is 18.2 Å². The van der Waals surface area contributed by atoms with Crippen molar-refractivity contribution in [2.24, 2.45) is 5.92 Å². The minimum Gasteiger partial charge on any atom is -0.477 e. The number of aliphatic hydroxyl groups excluding tert-OH is 1. The Morgan fingerprint density at radius 2 is 1.86 bits per heavy atom. The molecule has 0 saturated carbocycles. The number of imidazole rings is 1. The normalized spacial score (nSPS) is 21.2. The van der Waals surface area contributed by atoms with Crippen LogP contribution in [0.4, 0.5) is 0 Å². The number of rotatable bonds is 10. The van der Waals surface area contributed by atoms with Crippen LogP contribution in [0.3, 0.4) is 0 Å². The highest BCUT2D eigenvalue weighted by Crippen LogP contribution is 2.48. The average molecular weight is 563 g/mol. The summed E-state index contributed by atoms with van der Waals surface area (Å²) >= 11 is 0.983. The highest BCUT2D eigenvalue weighted by molar-refractivity contribution is 8.02. The van der Waals surface area contributed by atoms with Crippen molar-refractivity contribution in [1.29, 1.82) is 0 Å². The Morgan fingerprint density at radius 1 is 1.25 bits per heavy atom. The number of carbonyl (C=O) groups is 3. The maximum Gasteiger partial charge on any atom is 0.352 e. The zero-order chi connectivity index (χ0) is 26.7. The van der Waals surface area contributed by atoms with Gasteiger partial charge in [-0.3, -0.25) is 14.0 Å². The van der Waals surface area contributed by atoms with Gasteiger partial charge in [0.1, 0.15) is 22.5 Å². The van der Waals surface area contributed by atoms with Crippen LogP contribution >= 0.6 is 11.3 Å². The lowest BCUT2D eigenvalue weighted by molar-refractivity contribution is -0.161. The van der Waals surface area contributed by atoms with Crippen LogP contribution in [-0.4, -0.2) is 95.5 Å². The number of ketones is 1. The lowest BCUT2D eigenvalue weighted by Gasteiger charge is -2.44. The number of carbonyl (C=O) groups excluding carboxylic acids is 2. The van der Waals surface area contributed by atoms with Crippen LogP contribution in [0.2, 0.25) is 0 Å². The van der Waals surface area contributed by atoms with Crippen LogP contribution in [0.1, 0.15) is 28.7 Å². The van der Waals surface area contributed by atoms with Crippen LogP contribution in [0.5, 0.6) is 0 Å². The molecular formula is C18H22N6O9S3. The van der Waals surface area contributed by atoms with Gasteiger partial charge < -0.3 is 15.1 Å². The fraction of sp³-hybridized carbons (Fsp3) is 0.444. The molecule has 1 fully saturated rings. The number of aliphatic hydroxyl groups is 1. The van der Waals surface area contributed by atoms with E-state index in [4.69, 9.17) is 0 Å². The summed E-state index contributed by atoms with van der Waals surface area (Å²) in [5.41, 5.74) is -0.0857. The summed E-state index contributed by atoms with van der Waals surface area (Å²) in [4.78, 5) is 43.2. The molecule has 36 heavy (non-hydrogen) atoms. The Labute approximate surface area is 209 Å². The van der Waals surface area contributed by atoms with E-state index >= 15 is 0 Å². The van der Waals surface area contributed by atoms with Gasteiger partial charge in [-0.1, -0.05) is 3.71 Å². The number of thiazole rings is 1. The van der Waals surface area contributed by atoms with Gasteiger partial charge in [0.15, 0.2) is 0 Å². The number of carboxylic acid groups (broad SMARTS) is 1. The van der Waals surface area contributed by atoms with E-state index in [1.165, 1.54) is 23.8 Å². The topological polar surface area (TPSA) is 208 Å². The molecule has 0 spiro atoms. The van der Waals surface area contributed by atoms with Gasteiger partial charge in [-0.25, -0.2) is 19.2 Å². The SMILES string of the molecule is CNS(=O)(=O)N(CC(=O)c1ncn2cc(C3=C(C(=O)O)N4C(=O)[C@H]([C@@H](C)O)[C@H]4C3)sc12)S(=O)(=O)NC. The summed E-state index contributed by atoms with van der Waals surface area (Å²) in [5, 5.41) is 19.7.